The molecule has 0 aromatic rings. The van der Waals surface area contributed by atoms with Crippen molar-refractivity contribution >= 4 is 12.4 Å². The Bertz CT molecular complexity index is 68.0. The molecule has 0 saturated carbocycles. The first-order valence-electron chi connectivity index (χ1n) is 2.03. The third-order valence-corrected chi connectivity index (χ3v) is 0.451. The predicted molar refractivity (Wildman–Crippen MR) is 32.3 cm³/mol. The van der Waals surface area contributed by atoms with Gasteiger partial charge in [-0.1, -0.05) is 0 Å². The van der Waals surface area contributed by atoms with E-state index in [9.17, 15) is 0 Å². The Hall–Kier alpha value is -0.325. The van der Waals surface area contributed by atoms with E-state index < -0.39 is 0 Å². The van der Waals surface area contributed by atoms with Crippen LogP contribution < -0.4 is 0 Å². The molecule has 0 bridgehead atoms. The third-order valence-electron chi connectivity index (χ3n) is 0.451. The Kier molecular flexibility index (Phi) is 2.73. The molecule has 0 aromatic heterocycles. The second-order valence-corrected chi connectivity index (χ2v) is 1.48. The van der Waals surface area contributed by atoms with Gasteiger partial charge in [0, 0.05) is 0 Å². The van der Waals surface area contributed by atoms with E-state index in [4.69, 9.17) is 0 Å². The van der Waals surface area contributed by atoms with Crippen LogP contribution in [-0.4, -0.2) is 12.4 Å². The molecule has 6 heavy (non-hydrogen) atoms. The van der Waals surface area contributed by atoms with Gasteiger partial charge in [-0.15, -0.1) is 0 Å². The molecule has 0 nitrogen and oxygen atoms in total. The summed E-state index contributed by atoms with van der Waals surface area (Å²) in [5, 5.41) is 0. The molecule has 0 spiro atoms. The zero-order valence-electron chi connectivity index (χ0n) is 4.36. The van der Waals surface area contributed by atoms with Crippen molar-refractivity contribution in [2.24, 2.45) is 0 Å². The minimum absolute atomic E-state index is 1.30. The molecule has 0 fully saturated rings. The van der Waals surface area contributed by atoms with Gasteiger partial charge in [-0.25, -0.2) is 0 Å². The van der Waals surface area contributed by atoms with Gasteiger partial charge in [-0.05, 0) is 0 Å². The SMILES string of the molecule is C=CB=C(C)C. The fourth-order valence-electron chi connectivity index (χ4n) is 0.236. The van der Waals surface area contributed by atoms with E-state index in [1.54, 1.807) is 5.98 Å². The average Bonchev–Trinajstić information content (AvgIpc) is 1.35. The van der Waals surface area contributed by atoms with Crippen molar-refractivity contribution in [3.8, 4) is 0 Å². The Labute approximate surface area is 39.8 Å². The van der Waals surface area contributed by atoms with Gasteiger partial charge in [0.05, 0.1) is 0 Å². The van der Waals surface area contributed by atoms with Crippen LogP contribution in [-0.2, 0) is 0 Å². The van der Waals surface area contributed by atoms with Crippen LogP contribution in [0.2, 0.25) is 0 Å². The topological polar surface area (TPSA) is 0 Å². The fraction of sp³-hybridized carbons (Fsp3) is 0.400. The van der Waals surface area contributed by atoms with Gasteiger partial charge in [0.25, 0.3) is 0 Å². The molecule has 0 aliphatic carbocycles. The van der Waals surface area contributed by atoms with Gasteiger partial charge in [0.2, 0.25) is 0 Å². The molecule has 0 aliphatic heterocycles. The van der Waals surface area contributed by atoms with Crippen molar-refractivity contribution in [1.82, 2.24) is 0 Å². The van der Waals surface area contributed by atoms with Crippen LogP contribution in [0.4, 0.5) is 0 Å². The Morgan fingerprint density at radius 1 is 1.67 bits per heavy atom. The predicted octanol–water partition coefficient (Wildman–Crippen LogP) is 1.05. The molecule has 32 valence electrons. The summed E-state index contributed by atoms with van der Waals surface area (Å²) in [6, 6.07) is 0. The number of hydrogen-bond acceptors (Lipinski definition) is 0. The Balaban J connectivity index is 3.41. The summed E-state index contributed by atoms with van der Waals surface area (Å²) in [7, 11) is 0. The molecule has 0 N–H and O–H groups in total. The Morgan fingerprint density at radius 2 is 2.17 bits per heavy atom. The van der Waals surface area contributed by atoms with Crippen molar-refractivity contribution in [3.63, 3.8) is 0 Å². The standard InChI is InChI=1S/C5H9B/c1-4-6-5(2)3/h4H,1H2,2-3H3. The van der Waals surface area contributed by atoms with Gasteiger partial charge in [0.15, 0.2) is 0 Å². The van der Waals surface area contributed by atoms with E-state index in [1.165, 1.54) is 5.46 Å². The van der Waals surface area contributed by atoms with Gasteiger partial charge >= 0.3 is 38.8 Å². The van der Waals surface area contributed by atoms with E-state index in [0.29, 0.717) is 0 Å². The molecule has 0 aromatic carbocycles. The zero-order valence-corrected chi connectivity index (χ0v) is 4.36. The molecule has 0 atom stereocenters. The van der Waals surface area contributed by atoms with Crippen LogP contribution in [0.25, 0.3) is 0 Å². The third kappa shape index (κ3) is 3.67. The number of hydrogen-bond donors (Lipinski definition) is 0. The molecule has 0 heterocycles. The van der Waals surface area contributed by atoms with E-state index in [-0.39, 0.29) is 0 Å². The van der Waals surface area contributed by atoms with E-state index in [1.807, 2.05) is 20.8 Å². The molecule has 1 heteroatoms. The molecular weight excluding hydrogens is 70.9 g/mol. The minimum atomic E-state index is 1.30. The molecule has 0 saturated heterocycles. The van der Waals surface area contributed by atoms with Crippen molar-refractivity contribution in [1.29, 1.82) is 0 Å². The van der Waals surface area contributed by atoms with E-state index in [2.05, 4.69) is 6.58 Å². The van der Waals surface area contributed by atoms with Gasteiger partial charge in [-0.2, -0.15) is 0 Å². The molecule has 0 radical (unpaired) electrons. The quantitative estimate of drug-likeness (QED) is 0.413. The van der Waals surface area contributed by atoms with Crippen LogP contribution in [0.1, 0.15) is 13.8 Å². The van der Waals surface area contributed by atoms with Crippen LogP contribution in [0.5, 0.6) is 0 Å². The van der Waals surface area contributed by atoms with E-state index >= 15 is 0 Å². The van der Waals surface area contributed by atoms with E-state index in [0.717, 1.165) is 0 Å². The van der Waals surface area contributed by atoms with Crippen molar-refractivity contribution < 1.29 is 0 Å². The van der Waals surface area contributed by atoms with Gasteiger partial charge in [0.1, 0.15) is 0 Å². The summed E-state index contributed by atoms with van der Waals surface area (Å²) in [5.41, 5.74) is 1.30. The summed E-state index contributed by atoms with van der Waals surface area (Å²) in [4.78, 5) is 0. The average molecular weight is 79.9 g/mol. The maximum absolute atomic E-state index is 3.52. The summed E-state index contributed by atoms with van der Waals surface area (Å²) in [6.45, 7) is 9.58. The second kappa shape index (κ2) is 2.89. The summed E-state index contributed by atoms with van der Waals surface area (Å²) >= 11 is 0. The molecule has 0 unspecified atom stereocenters. The van der Waals surface area contributed by atoms with Crippen molar-refractivity contribution in [3.05, 3.63) is 12.6 Å². The summed E-state index contributed by atoms with van der Waals surface area (Å²) in [6.07, 6.45) is 0. The Morgan fingerprint density at radius 3 is 2.17 bits per heavy atom. The summed E-state index contributed by atoms with van der Waals surface area (Å²) in [5.74, 6) is 1.79. The van der Waals surface area contributed by atoms with Crippen LogP contribution in [0.15, 0.2) is 12.6 Å². The summed E-state index contributed by atoms with van der Waals surface area (Å²) < 4.78 is 0. The number of rotatable bonds is 1. The molecule has 0 aliphatic rings. The van der Waals surface area contributed by atoms with Crippen LogP contribution in [0, 0.1) is 0 Å². The van der Waals surface area contributed by atoms with Gasteiger partial charge < -0.3 is 0 Å². The van der Waals surface area contributed by atoms with Crippen molar-refractivity contribution in [2.45, 2.75) is 13.8 Å². The first kappa shape index (κ1) is 5.67. The molecular formula is C5H9B. The van der Waals surface area contributed by atoms with Crippen LogP contribution >= 0.6 is 0 Å². The monoisotopic (exact) mass is 80.1 g/mol. The normalized spacial score (nSPS) is 6.33. The molecule has 0 rings (SSSR count). The van der Waals surface area contributed by atoms with Crippen LogP contribution in [0.3, 0.4) is 0 Å². The van der Waals surface area contributed by atoms with Crippen molar-refractivity contribution in [2.75, 3.05) is 0 Å². The fourth-order valence-corrected chi connectivity index (χ4v) is 0.236. The maximum atomic E-state index is 3.52. The van der Waals surface area contributed by atoms with Gasteiger partial charge in [-0.3, -0.25) is 0 Å². The zero-order chi connectivity index (χ0) is 4.99. The first-order chi connectivity index (χ1) is 2.77. The molecule has 0 amide bonds. The first-order valence-corrected chi connectivity index (χ1v) is 2.03. The second-order valence-electron chi connectivity index (χ2n) is 1.48.